The Bertz CT molecular complexity index is 202. The van der Waals surface area contributed by atoms with E-state index in [1.165, 1.54) is 12.8 Å². The van der Waals surface area contributed by atoms with Gasteiger partial charge in [0.15, 0.2) is 0 Å². The van der Waals surface area contributed by atoms with Gasteiger partial charge in [0, 0.05) is 20.0 Å². The first-order valence-electron chi connectivity index (χ1n) is 4.37. The van der Waals surface area contributed by atoms with E-state index in [4.69, 9.17) is 0 Å². The fraction of sp³-hybridized carbons (Fsp3) is 0.889. The Kier molecular flexibility index (Phi) is 1.29. The van der Waals surface area contributed by atoms with E-state index in [2.05, 4.69) is 6.92 Å². The topological polar surface area (TPSA) is 20.3 Å². The van der Waals surface area contributed by atoms with E-state index < -0.39 is 0 Å². The molecule has 0 aromatic carbocycles. The maximum absolute atomic E-state index is 11.0. The summed E-state index contributed by atoms with van der Waals surface area (Å²) in [5.74, 6) is 1.07. The van der Waals surface area contributed by atoms with Gasteiger partial charge in [-0.2, -0.15) is 0 Å². The largest absolute Gasteiger partial charge is 0.343 e. The molecule has 1 heterocycles. The molecule has 2 rings (SSSR count). The summed E-state index contributed by atoms with van der Waals surface area (Å²) in [7, 11) is 0. The average molecular weight is 153 g/mol. The lowest BCUT2D eigenvalue weighted by Crippen LogP contribution is -2.37. The van der Waals surface area contributed by atoms with E-state index >= 15 is 0 Å². The van der Waals surface area contributed by atoms with E-state index in [0.29, 0.717) is 5.41 Å². The van der Waals surface area contributed by atoms with Gasteiger partial charge in [-0.05, 0) is 24.2 Å². The maximum Gasteiger partial charge on any atom is 0.219 e. The highest BCUT2D eigenvalue weighted by atomic mass is 16.2. The number of hydrogen-bond donors (Lipinski definition) is 0. The molecule has 1 saturated heterocycles. The lowest BCUT2D eigenvalue weighted by molar-refractivity contribution is -0.130. The number of carbonyl (C=O) groups excluding carboxylic acids is 1. The lowest BCUT2D eigenvalue weighted by Gasteiger charge is -2.28. The molecule has 2 heteroatoms. The zero-order valence-corrected chi connectivity index (χ0v) is 7.26. The van der Waals surface area contributed by atoms with Gasteiger partial charge in [0.2, 0.25) is 5.91 Å². The van der Waals surface area contributed by atoms with E-state index in [1.54, 1.807) is 6.92 Å². The second-order valence-electron chi connectivity index (χ2n) is 4.27. The fourth-order valence-corrected chi connectivity index (χ4v) is 2.13. The first kappa shape index (κ1) is 7.14. The summed E-state index contributed by atoms with van der Waals surface area (Å²) in [6.07, 6.45) is 2.56. The van der Waals surface area contributed by atoms with Crippen molar-refractivity contribution in [2.75, 3.05) is 13.1 Å². The summed E-state index contributed by atoms with van der Waals surface area (Å²) in [5, 5.41) is 0. The number of fused-ring (bicyclic) bond motifs is 1. The van der Waals surface area contributed by atoms with Crippen LogP contribution in [0.25, 0.3) is 0 Å². The van der Waals surface area contributed by atoms with Crippen molar-refractivity contribution in [3.05, 3.63) is 0 Å². The van der Waals surface area contributed by atoms with Crippen LogP contribution >= 0.6 is 0 Å². The Morgan fingerprint density at radius 2 is 2.36 bits per heavy atom. The molecule has 0 aromatic rings. The van der Waals surface area contributed by atoms with Gasteiger partial charge in [0.1, 0.15) is 0 Å². The maximum atomic E-state index is 11.0. The molecular weight excluding hydrogens is 138 g/mol. The standard InChI is InChI=1S/C9H15NO/c1-7(11)10-4-3-9(2)5-8(9)6-10/h8H,3-6H2,1-2H3. The van der Waals surface area contributed by atoms with Gasteiger partial charge in [0.25, 0.3) is 0 Å². The zero-order chi connectivity index (χ0) is 8.06. The number of piperidine rings is 1. The molecule has 2 unspecified atom stereocenters. The molecule has 2 fully saturated rings. The van der Waals surface area contributed by atoms with Gasteiger partial charge in [0.05, 0.1) is 0 Å². The molecule has 1 saturated carbocycles. The summed E-state index contributed by atoms with van der Waals surface area (Å²) in [5.41, 5.74) is 0.617. The highest BCUT2D eigenvalue weighted by Gasteiger charge is 2.52. The second-order valence-corrected chi connectivity index (χ2v) is 4.27. The van der Waals surface area contributed by atoms with Crippen LogP contribution in [0.15, 0.2) is 0 Å². The monoisotopic (exact) mass is 153 g/mol. The quantitative estimate of drug-likeness (QED) is 0.513. The van der Waals surface area contributed by atoms with Crippen LogP contribution in [-0.2, 0) is 4.79 Å². The van der Waals surface area contributed by atoms with Gasteiger partial charge in [-0.3, -0.25) is 4.79 Å². The van der Waals surface area contributed by atoms with Crippen LogP contribution in [0.4, 0.5) is 0 Å². The van der Waals surface area contributed by atoms with E-state index in [9.17, 15) is 4.79 Å². The van der Waals surface area contributed by atoms with Crippen molar-refractivity contribution in [1.29, 1.82) is 0 Å². The van der Waals surface area contributed by atoms with Crippen LogP contribution in [-0.4, -0.2) is 23.9 Å². The zero-order valence-electron chi connectivity index (χ0n) is 7.26. The van der Waals surface area contributed by atoms with Crippen LogP contribution in [0, 0.1) is 11.3 Å². The average Bonchev–Trinajstić information content (AvgIpc) is 2.58. The fourth-order valence-electron chi connectivity index (χ4n) is 2.13. The van der Waals surface area contributed by atoms with Crippen molar-refractivity contribution in [3.8, 4) is 0 Å². The third-order valence-corrected chi connectivity index (χ3v) is 3.38. The highest BCUT2D eigenvalue weighted by molar-refractivity contribution is 5.73. The molecule has 0 bridgehead atoms. The Balaban J connectivity index is 1.98. The molecule has 0 aromatic heterocycles. The van der Waals surface area contributed by atoms with Crippen LogP contribution in [0.3, 0.4) is 0 Å². The Morgan fingerprint density at radius 1 is 1.64 bits per heavy atom. The van der Waals surface area contributed by atoms with Gasteiger partial charge >= 0.3 is 0 Å². The number of nitrogens with zero attached hydrogens (tertiary/aromatic N) is 1. The predicted octanol–water partition coefficient (Wildman–Crippen LogP) is 1.26. The van der Waals surface area contributed by atoms with Crippen molar-refractivity contribution < 1.29 is 4.79 Å². The lowest BCUT2D eigenvalue weighted by atomic mass is 9.98. The van der Waals surface area contributed by atoms with Crippen LogP contribution in [0.2, 0.25) is 0 Å². The SMILES string of the molecule is CC(=O)N1CCC2(C)CC2C1. The van der Waals surface area contributed by atoms with Crippen molar-refractivity contribution in [2.24, 2.45) is 11.3 Å². The summed E-state index contributed by atoms with van der Waals surface area (Å²) in [4.78, 5) is 13.0. The molecule has 0 radical (unpaired) electrons. The summed E-state index contributed by atoms with van der Waals surface area (Å²) in [6, 6.07) is 0. The summed E-state index contributed by atoms with van der Waals surface area (Å²) >= 11 is 0. The summed E-state index contributed by atoms with van der Waals surface area (Å²) in [6.45, 7) is 6.02. The third-order valence-electron chi connectivity index (χ3n) is 3.38. The molecular formula is C9H15NO. The minimum atomic E-state index is 0.249. The molecule has 62 valence electrons. The smallest absolute Gasteiger partial charge is 0.219 e. The van der Waals surface area contributed by atoms with Gasteiger partial charge < -0.3 is 4.90 Å². The minimum absolute atomic E-state index is 0.249. The van der Waals surface area contributed by atoms with Crippen LogP contribution in [0.1, 0.15) is 26.7 Å². The molecule has 1 aliphatic heterocycles. The van der Waals surface area contributed by atoms with Gasteiger partial charge in [-0.1, -0.05) is 6.92 Å². The van der Waals surface area contributed by atoms with Crippen molar-refractivity contribution >= 4 is 5.91 Å². The molecule has 2 atom stereocenters. The second kappa shape index (κ2) is 1.99. The van der Waals surface area contributed by atoms with E-state index in [-0.39, 0.29) is 5.91 Å². The number of likely N-dealkylation sites (tertiary alicyclic amines) is 1. The van der Waals surface area contributed by atoms with Crippen molar-refractivity contribution in [2.45, 2.75) is 26.7 Å². The molecule has 0 N–H and O–H groups in total. The molecule has 2 aliphatic rings. The number of carbonyl (C=O) groups is 1. The van der Waals surface area contributed by atoms with Crippen molar-refractivity contribution in [1.82, 2.24) is 4.90 Å². The van der Waals surface area contributed by atoms with E-state index in [1.807, 2.05) is 4.90 Å². The first-order valence-corrected chi connectivity index (χ1v) is 4.37. The minimum Gasteiger partial charge on any atom is -0.343 e. The Labute approximate surface area is 67.6 Å². The normalized spacial score (nSPS) is 41.6. The number of rotatable bonds is 0. The summed E-state index contributed by atoms with van der Waals surface area (Å²) < 4.78 is 0. The third kappa shape index (κ3) is 1.05. The van der Waals surface area contributed by atoms with E-state index in [0.717, 1.165) is 19.0 Å². The first-order chi connectivity index (χ1) is 5.12. The number of hydrogen-bond acceptors (Lipinski definition) is 1. The molecule has 2 nitrogen and oxygen atoms in total. The van der Waals surface area contributed by atoms with Gasteiger partial charge in [-0.15, -0.1) is 0 Å². The molecule has 11 heavy (non-hydrogen) atoms. The number of amides is 1. The van der Waals surface area contributed by atoms with Crippen LogP contribution < -0.4 is 0 Å². The molecule has 1 aliphatic carbocycles. The molecule has 0 spiro atoms. The Morgan fingerprint density at radius 3 is 2.91 bits per heavy atom. The van der Waals surface area contributed by atoms with Crippen molar-refractivity contribution in [3.63, 3.8) is 0 Å². The highest BCUT2D eigenvalue weighted by Crippen LogP contribution is 2.57. The molecule has 1 amide bonds. The van der Waals surface area contributed by atoms with Crippen LogP contribution in [0.5, 0.6) is 0 Å². The Hall–Kier alpha value is -0.530. The predicted molar refractivity (Wildman–Crippen MR) is 43.1 cm³/mol. The van der Waals surface area contributed by atoms with Gasteiger partial charge in [-0.25, -0.2) is 0 Å².